The number of allylic oxidation sites excluding steroid dienone is 1. The summed E-state index contributed by atoms with van der Waals surface area (Å²) in [6.07, 6.45) is 0. The Morgan fingerprint density at radius 2 is 1.74 bits per heavy atom. The summed E-state index contributed by atoms with van der Waals surface area (Å²) in [5, 5.41) is 7.45. The first-order valence-electron chi connectivity index (χ1n) is 10.6. The van der Waals surface area contributed by atoms with E-state index in [1.807, 2.05) is 54.3 Å². The maximum Gasteiger partial charge on any atom is 0.255 e. The van der Waals surface area contributed by atoms with Gasteiger partial charge in [-0.2, -0.15) is 0 Å². The standard InChI is InChI=1S/C26H24ClN3O3S/c1-16-23(25(31)28-21-14-13-20(32-2)15-22(21)33-3)24(17-9-11-18(27)12-10-17)29-26(34)30(16)19-7-5-4-6-8-19/h4-15,24H,1-3H3,(H,28,31)(H,29,34). The molecule has 3 aromatic rings. The van der Waals surface area contributed by atoms with Gasteiger partial charge >= 0.3 is 0 Å². The summed E-state index contributed by atoms with van der Waals surface area (Å²) < 4.78 is 10.7. The van der Waals surface area contributed by atoms with Gasteiger partial charge in [0, 0.05) is 22.5 Å². The van der Waals surface area contributed by atoms with Crippen LogP contribution in [0.2, 0.25) is 5.02 Å². The monoisotopic (exact) mass is 493 g/mol. The van der Waals surface area contributed by atoms with Crippen LogP contribution in [-0.4, -0.2) is 25.2 Å². The highest BCUT2D eigenvalue weighted by Gasteiger charge is 2.34. The lowest BCUT2D eigenvalue weighted by molar-refractivity contribution is -0.113. The SMILES string of the molecule is COc1ccc(NC(=O)C2=C(C)N(c3ccccc3)C(=S)NC2c2ccc(Cl)cc2)c(OC)c1. The van der Waals surface area contributed by atoms with Crippen LogP contribution in [0.15, 0.2) is 84.1 Å². The normalized spacial score (nSPS) is 15.6. The van der Waals surface area contributed by atoms with E-state index < -0.39 is 6.04 Å². The highest BCUT2D eigenvalue weighted by molar-refractivity contribution is 7.80. The number of amides is 1. The number of ether oxygens (including phenoxy) is 2. The highest BCUT2D eigenvalue weighted by atomic mass is 35.5. The third-order valence-corrected chi connectivity index (χ3v) is 6.16. The summed E-state index contributed by atoms with van der Waals surface area (Å²) in [4.78, 5) is 15.6. The van der Waals surface area contributed by atoms with Crippen LogP contribution in [0.25, 0.3) is 0 Å². The number of methoxy groups -OCH3 is 2. The van der Waals surface area contributed by atoms with E-state index in [4.69, 9.17) is 33.3 Å². The molecular weight excluding hydrogens is 470 g/mol. The first-order valence-corrected chi connectivity index (χ1v) is 11.4. The summed E-state index contributed by atoms with van der Waals surface area (Å²) >= 11 is 11.8. The molecular formula is C26H24ClN3O3S. The lowest BCUT2D eigenvalue weighted by Gasteiger charge is -2.38. The van der Waals surface area contributed by atoms with E-state index in [1.165, 1.54) is 0 Å². The van der Waals surface area contributed by atoms with Gasteiger partial charge < -0.3 is 20.1 Å². The number of hydrogen-bond acceptors (Lipinski definition) is 4. The molecule has 0 aliphatic carbocycles. The molecule has 8 heteroatoms. The van der Waals surface area contributed by atoms with Gasteiger partial charge in [0.1, 0.15) is 11.5 Å². The number of carbonyl (C=O) groups is 1. The minimum atomic E-state index is -0.464. The molecule has 0 bridgehead atoms. The van der Waals surface area contributed by atoms with Gasteiger partial charge in [0.15, 0.2) is 5.11 Å². The van der Waals surface area contributed by atoms with Crippen molar-refractivity contribution in [1.82, 2.24) is 5.32 Å². The highest BCUT2D eigenvalue weighted by Crippen LogP contribution is 2.36. The fourth-order valence-corrected chi connectivity index (χ4v) is 4.41. The lowest BCUT2D eigenvalue weighted by Crippen LogP contribution is -2.48. The molecule has 2 N–H and O–H groups in total. The van der Waals surface area contributed by atoms with Gasteiger partial charge in [-0.25, -0.2) is 0 Å². The van der Waals surface area contributed by atoms with Gasteiger partial charge in [-0.05, 0) is 61.1 Å². The molecule has 1 aliphatic rings. The second-order valence-corrected chi connectivity index (χ2v) is 8.45. The van der Waals surface area contributed by atoms with Crippen molar-refractivity contribution in [2.75, 3.05) is 24.4 Å². The average molecular weight is 494 g/mol. The number of rotatable bonds is 6. The van der Waals surface area contributed by atoms with Gasteiger partial charge in [-0.1, -0.05) is 41.9 Å². The smallest absolute Gasteiger partial charge is 0.255 e. The zero-order valence-corrected chi connectivity index (χ0v) is 20.5. The fourth-order valence-electron chi connectivity index (χ4n) is 3.92. The topological polar surface area (TPSA) is 62.8 Å². The van der Waals surface area contributed by atoms with E-state index in [9.17, 15) is 4.79 Å². The maximum absolute atomic E-state index is 13.7. The Bertz CT molecular complexity index is 1250. The van der Waals surface area contributed by atoms with Crippen molar-refractivity contribution >= 4 is 46.2 Å². The quantitative estimate of drug-likeness (QED) is 0.429. The molecule has 0 saturated heterocycles. The molecule has 4 rings (SSSR count). The van der Waals surface area contributed by atoms with Gasteiger partial charge in [0.25, 0.3) is 5.91 Å². The molecule has 174 valence electrons. The molecule has 0 saturated carbocycles. The molecule has 1 amide bonds. The molecule has 1 unspecified atom stereocenters. The third kappa shape index (κ3) is 4.71. The molecule has 1 aliphatic heterocycles. The minimum Gasteiger partial charge on any atom is -0.497 e. The van der Waals surface area contributed by atoms with Crippen LogP contribution in [0.3, 0.4) is 0 Å². The summed E-state index contributed by atoms with van der Waals surface area (Å²) in [5.41, 5.74) is 3.51. The first-order chi connectivity index (χ1) is 16.4. The summed E-state index contributed by atoms with van der Waals surface area (Å²) in [7, 11) is 3.12. The van der Waals surface area contributed by atoms with Crippen LogP contribution in [0, 0.1) is 0 Å². The van der Waals surface area contributed by atoms with Crippen LogP contribution in [0.1, 0.15) is 18.5 Å². The molecule has 0 aromatic heterocycles. The summed E-state index contributed by atoms with van der Waals surface area (Å²) in [5.74, 6) is 0.842. The number of hydrogen-bond donors (Lipinski definition) is 2. The molecule has 1 heterocycles. The predicted octanol–water partition coefficient (Wildman–Crippen LogP) is 5.71. The number of halogens is 1. The van der Waals surface area contributed by atoms with E-state index in [-0.39, 0.29) is 5.91 Å². The van der Waals surface area contributed by atoms with Gasteiger partial charge in [-0.3, -0.25) is 9.69 Å². The van der Waals surface area contributed by atoms with Crippen LogP contribution < -0.4 is 25.0 Å². The number of nitrogens with one attached hydrogen (secondary N) is 2. The van der Waals surface area contributed by atoms with E-state index in [0.717, 1.165) is 16.9 Å². The van der Waals surface area contributed by atoms with Crippen molar-refractivity contribution in [3.63, 3.8) is 0 Å². The molecule has 0 spiro atoms. The van der Waals surface area contributed by atoms with Gasteiger partial charge in [0.2, 0.25) is 0 Å². The Morgan fingerprint density at radius 3 is 2.38 bits per heavy atom. The lowest BCUT2D eigenvalue weighted by atomic mass is 9.94. The Labute approximate surface area is 209 Å². The number of anilines is 2. The number of thiocarbonyl (C=S) groups is 1. The Hall–Kier alpha value is -3.55. The second kappa shape index (κ2) is 10.2. The summed E-state index contributed by atoms with van der Waals surface area (Å²) in [6.45, 7) is 1.89. The molecule has 3 aromatic carbocycles. The van der Waals surface area contributed by atoms with Gasteiger partial charge in [0.05, 0.1) is 31.5 Å². The van der Waals surface area contributed by atoms with Crippen LogP contribution in [0.5, 0.6) is 11.5 Å². The van der Waals surface area contributed by atoms with Crippen molar-refractivity contribution in [2.45, 2.75) is 13.0 Å². The van der Waals surface area contributed by atoms with Crippen molar-refractivity contribution in [2.24, 2.45) is 0 Å². The second-order valence-electron chi connectivity index (χ2n) is 7.62. The van der Waals surface area contributed by atoms with Crippen molar-refractivity contribution in [1.29, 1.82) is 0 Å². The van der Waals surface area contributed by atoms with Gasteiger partial charge in [-0.15, -0.1) is 0 Å². The molecule has 1 atom stereocenters. The Morgan fingerprint density at radius 1 is 1.03 bits per heavy atom. The zero-order valence-electron chi connectivity index (χ0n) is 19.0. The summed E-state index contributed by atoms with van der Waals surface area (Å²) in [6, 6.07) is 21.8. The first kappa shape index (κ1) is 23.6. The van der Waals surface area contributed by atoms with E-state index in [1.54, 1.807) is 44.6 Å². The van der Waals surface area contributed by atoms with Crippen LogP contribution in [-0.2, 0) is 4.79 Å². The van der Waals surface area contributed by atoms with Crippen LogP contribution in [0.4, 0.5) is 11.4 Å². The number of carbonyl (C=O) groups excluding carboxylic acids is 1. The zero-order chi connectivity index (χ0) is 24.2. The average Bonchev–Trinajstić information content (AvgIpc) is 2.85. The van der Waals surface area contributed by atoms with E-state index >= 15 is 0 Å². The molecule has 6 nitrogen and oxygen atoms in total. The molecule has 0 fully saturated rings. The Balaban J connectivity index is 1.79. The van der Waals surface area contributed by atoms with Crippen LogP contribution >= 0.6 is 23.8 Å². The largest absolute Gasteiger partial charge is 0.497 e. The molecule has 0 radical (unpaired) electrons. The van der Waals surface area contributed by atoms with Crippen molar-refractivity contribution in [3.8, 4) is 11.5 Å². The molecule has 34 heavy (non-hydrogen) atoms. The minimum absolute atomic E-state index is 0.281. The van der Waals surface area contributed by atoms with E-state index in [2.05, 4.69) is 10.6 Å². The fraction of sp³-hybridized carbons (Fsp3) is 0.154. The number of nitrogens with zero attached hydrogens (tertiary/aromatic N) is 1. The third-order valence-electron chi connectivity index (χ3n) is 5.60. The number of para-hydroxylation sites is 1. The predicted molar refractivity (Wildman–Crippen MR) is 140 cm³/mol. The van der Waals surface area contributed by atoms with E-state index in [0.29, 0.717) is 32.9 Å². The maximum atomic E-state index is 13.7. The van der Waals surface area contributed by atoms with Crippen molar-refractivity contribution < 1.29 is 14.3 Å². The van der Waals surface area contributed by atoms with Crippen molar-refractivity contribution in [3.05, 3.63) is 94.7 Å². The number of benzene rings is 3. The Kier molecular flexibility index (Phi) is 7.05.